The van der Waals surface area contributed by atoms with E-state index in [1.165, 1.54) is 25.8 Å². The molecule has 232 valence electrons. The molecule has 2 fully saturated rings. The number of carbonyl (C=O) groups is 3. The van der Waals surface area contributed by atoms with E-state index >= 15 is 0 Å². The minimum absolute atomic E-state index is 0.0294. The van der Waals surface area contributed by atoms with Crippen LogP contribution in [0, 0.1) is 6.92 Å². The molecule has 13 nitrogen and oxygen atoms in total. The molecule has 2 aromatic heterocycles. The van der Waals surface area contributed by atoms with Crippen LogP contribution in [0.5, 0.6) is 5.75 Å². The topological polar surface area (TPSA) is 169 Å². The van der Waals surface area contributed by atoms with Gasteiger partial charge in [0.05, 0.1) is 30.7 Å². The molecular weight excluding hydrogens is 562 g/mol. The van der Waals surface area contributed by atoms with Crippen molar-refractivity contribution < 1.29 is 19.1 Å². The summed E-state index contributed by atoms with van der Waals surface area (Å²) in [6.45, 7) is 6.67. The first-order valence-corrected chi connectivity index (χ1v) is 14.9. The zero-order valence-corrected chi connectivity index (χ0v) is 25.1. The highest BCUT2D eigenvalue weighted by molar-refractivity contribution is 5.99. The van der Waals surface area contributed by atoms with Crippen LogP contribution in [-0.2, 0) is 4.79 Å². The number of amides is 3. The molecule has 1 aromatic carbocycles. The third-order valence-corrected chi connectivity index (χ3v) is 8.13. The second-order valence-corrected chi connectivity index (χ2v) is 11.2. The van der Waals surface area contributed by atoms with E-state index in [-0.39, 0.29) is 41.2 Å². The number of benzene rings is 1. The Labute approximate surface area is 256 Å². The Morgan fingerprint density at radius 3 is 2.61 bits per heavy atom. The van der Waals surface area contributed by atoms with E-state index in [9.17, 15) is 14.4 Å². The molecule has 1 aliphatic carbocycles. The minimum Gasteiger partial charge on any atom is -0.495 e. The van der Waals surface area contributed by atoms with Crippen molar-refractivity contribution in [2.45, 2.75) is 64.0 Å². The van der Waals surface area contributed by atoms with E-state index < -0.39 is 5.91 Å². The number of anilines is 4. The predicted molar refractivity (Wildman–Crippen MR) is 166 cm³/mol. The summed E-state index contributed by atoms with van der Waals surface area (Å²) < 4.78 is 7.46. The minimum atomic E-state index is -0.706. The number of carbonyl (C=O) groups excluding carboxylic acids is 3. The van der Waals surface area contributed by atoms with Crippen LogP contribution in [0.15, 0.2) is 43.4 Å². The molecule has 5 rings (SSSR count). The molecule has 0 spiro atoms. The van der Waals surface area contributed by atoms with Gasteiger partial charge in [0.2, 0.25) is 11.9 Å². The fraction of sp³-hybridized carbons (Fsp3) is 0.419. The number of nitrogens with zero attached hydrogens (tertiary/aromatic N) is 5. The average molecular weight is 602 g/mol. The molecular formula is C31H39N9O4. The summed E-state index contributed by atoms with van der Waals surface area (Å²) >= 11 is 0. The number of nitrogens with two attached hydrogens (primary N) is 1. The zero-order valence-electron chi connectivity index (χ0n) is 25.1. The highest BCUT2D eigenvalue weighted by atomic mass is 16.5. The van der Waals surface area contributed by atoms with Gasteiger partial charge in [-0.3, -0.25) is 19.1 Å². The van der Waals surface area contributed by atoms with E-state index in [4.69, 9.17) is 10.5 Å². The summed E-state index contributed by atoms with van der Waals surface area (Å²) in [6.07, 6.45) is 13.3. The van der Waals surface area contributed by atoms with E-state index in [1.807, 2.05) is 17.8 Å². The second kappa shape index (κ2) is 13.6. The lowest BCUT2D eigenvalue weighted by Crippen LogP contribution is -2.39. The Balaban J connectivity index is 1.34. The van der Waals surface area contributed by atoms with Crippen LogP contribution in [0.3, 0.4) is 0 Å². The zero-order chi connectivity index (χ0) is 31.2. The van der Waals surface area contributed by atoms with Crippen molar-refractivity contribution in [3.8, 4) is 5.75 Å². The first-order chi connectivity index (χ1) is 21.2. The molecule has 44 heavy (non-hydrogen) atoms. The summed E-state index contributed by atoms with van der Waals surface area (Å²) in [4.78, 5) is 48.0. The maximum absolute atomic E-state index is 13.0. The number of piperidine rings is 1. The standard InChI is InChI=1S/C31H39N9O4/c1-4-26(41)39-12-8-11-23(18-39)40-17-22(15-34-40)36-31-33-16-24(28(32)42)29(38-31)37-27-19(2)13-20(14-25(27)44-3)30(43)35-21-9-6-5-7-10-21/h4,13-17,21,23H,1,5-12,18H2,2-3H3,(H2,32,42)(H,35,43)(H2,33,36,37,38). The Morgan fingerprint density at radius 1 is 1.09 bits per heavy atom. The van der Waals surface area contributed by atoms with Crippen LogP contribution in [0.2, 0.25) is 0 Å². The molecule has 13 heteroatoms. The van der Waals surface area contributed by atoms with Crippen molar-refractivity contribution in [2.24, 2.45) is 5.73 Å². The van der Waals surface area contributed by atoms with Crippen molar-refractivity contribution in [1.82, 2.24) is 30.0 Å². The lowest BCUT2D eigenvalue weighted by atomic mass is 9.95. The molecule has 1 saturated carbocycles. The van der Waals surface area contributed by atoms with Crippen LogP contribution in [-0.4, -0.2) is 68.6 Å². The lowest BCUT2D eigenvalue weighted by molar-refractivity contribution is -0.127. The van der Waals surface area contributed by atoms with Gasteiger partial charge in [0.25, 0.3) is 11.8 Å². The number of rotatable bonds is 10. The van der Waals surface area contributed by atoms with Gasteiger partial charge in [0.1, 0.15) is 17.1 Å². The summed E-state index contributed by atoms with van der Waals surface area (Å²) in [7, 11) is 1.52. The number of hydrogen-bond acceptors (Lipinski definition) is 9. The summed E-state index contributed by atoms with van der Waals surface area (Å²) in [5.41, 5.74) is 8.12. The second-order valence-electron chi connectivity index (χ2n) is 11.2. The van der Waals surface area contributed by atoms with Crippen LogP contribution >= 0.6 is 0 Å². The number of primary amides is 1. The largest absolute Gasteiger partial charge is 0.495 e. The van der Waals surface area contributed by atoms with Gasteiger partial charge in [-0.2, -0.15) is 10.1 Å². The van der Waals surface area contributed by atoms with Gasteiger partial charge >= 0.3 is 0 Å². The molecule has 3 amide bonds. The quantitative estimate of drug-likeness (QED) is 0.251. The Morgan fingerprint density at radius 2 is 1.89 bits per heavy atom. The normalized spacial score (nSPS) is 17.0. The van der Waals surface area contributed by atoms with Gasteiger partial charge in [-0.15, -0.1) is 0 Å². The van der Waals surface area contributed by atoms with Crippen molar-refractivity contribution in [1.29, 1.82) is 0 Å². The Hall–Kier alpha value is -4.94. The number of nitrogens with one attached hydrogen (secondary N) is 3. The average Bonchev–Trinajstić information content (AvgIpc) is 3.50. The first-order valence-electron chi connectivity index (χ1n) is 14.9. The van der Waals surface area contributed by atoms with Gasteiger partial charge in [0, 0.05) is 37.1 Å². The van der Waals surface area contributed by atoms with Crippen molar-refractivity contribution in [3.63, 3.8) is 0 Å². The molecule has 1 atom stereocenters. The molecule has 3 aromatic rings. The Bertz CT molecular complexity index is 1550. The van der Waals surface area contributed by atoms with Crippen molar-refractivity contribution in [2.75, 3.05) is 30.8 Å². The molecule has 2 aliphatic rings. The van der Waals surface area contributed by atoms with E-state index in [0.29, 0.717) is 35.8 Å². The monoisotopic (exact) mass is 601 g/mol. The van der Waals surface area contributed by atoms with Gasteiger partial charge in [-0.05, 0) is 56.4 Å². The van der Waals surface area contributed by atoms with Gasteiger partial charge in [-0.25, -0.2) is 4.98 Å². The smallest absolute Gasteiger partial charge is 0.254 e. The number of hydrogen-bond donors (Lipinski definition) is 4. The van der Waals surface area contributed by atoms with Gasteiger partial charge in [0.15, 0.2) is 0 Å². The molecule has 5 N–H and O–H groups in total. The fourth-order valence-electron chi connectivity index (χ4n) is 5.79. The van der Waals surface area contributed by atoms with Crippen molar-refractivity contribution >= 4 is 40.9 Å². The maximum Gasteiger partial charge on any atom is 0.254 e. The first kappa shape index (κ1) is 30.5. The number of aryl methyl sites for hydroxylation is 1. The SMILES string of the molecule is C=CC(=O)N1CCCC(n2cc(Nc3ncc(C(N)=O)c(Nc4c(C)cc(C(=O)NC5CCCCC5)cc4OC)n3)cn2)C1. The number of ether oxygens (including phenoxy) is 1. The summed E-state index contributed by atoms with van der Waals surface area (Å²) in [5.74, 6) is -0.140. The van der Waals surface area contributed by atoms with Gasteiger partial charge in [-0.1, -0.05) is 25.8 Å². The van der Waals surface area contributed by atoms with Crippen LogP contribution < -0.4 is 26.4 Å². The third kappa shape index (κ3) is 6.99. The Kier molecular flexibility index (Phi) is 9.41. The highest BCUT2D eigenvalue weighted by Gasteiger charge is 2.25. The molecule has 0 bridgehead atoms. The number of likely N-dealkylation sites (tertiary alicyclic amines) is 1. The molecule has 1 unspecified atom stereocenters. The van der Waals surface area contributed by atoms with Crippen LogP contribution in [0.4, 0.5) is 23.1 Å². The van der Waals surface area contributed by atoms with E-state index in [1.54, 1.807) is 23.2 Å². The van der Waals surface area contributed by atoms with Gasteiger partial charge < -0.3 is 31.3 Å². The van der Waals surface area contributed by atoms with E-state index in [2.05, 4.69) is 37.6 Å². The predicted octanol–water partition coefficient (Wildman–Crippen LogP) is 3.99. The van der Waals surface area contributed by atoms with Crippen LogP contribution in [0.25, 0.3) is 0 Å². The highest BCUT2D eigenvalue weighted by Crippen LogP contribution is 2.34. The van der Waals surface area contributed by atoms with Crippen molar-refractivity contribution in [3.05, 3.63) is 60.1 Å². The van der Waals surface area contributed by atoms with E-state index in [0.717, 1.165) is 44.1 Å². The molecule has 1 saturated heterocycles. The third-order valence-electron chi connectivity index (χ3n) is 8.13. The maximum atomic E-state index is 13.0. The summed E-state index contributed by atoms with van der Waals surface area (Å²) in [6, 6.07) is 3.65. The molecule has 0 radical (unpaired) electrons. The molecule has 3 heterocycles. The fourth-order valence-corrected chi connectivity index (χ4v) is 5.79. The number of methoxy groups -OCH3 is 1. The molecule has 1 aliphatic heterocycles. The number of aromatic nitrogens is 4. The lowest BCUT2D eigenvalue weighted by Gasteiger charge is -2.32. The van der Waals surface area contributed by atoms with Crippen LogP contribution in [0.1, 0.15) is 77.3 Å². The summed E-state index contributed by atoms with van der Waals surface area (Å²) in [5, 5.41) is 13.9.